The molecule has 3 nitrogen and oxygen atoms in total. The highest BCUT2D eigenvalue weighted by molar-refractivity contribution is 5.56. The van der Waals surface area contributed by atoms with Crippen LogP contribution in [-0.2, 0) is 0 Å². The third-order valence-corrected chi connectivity index (χ3v) is 4.07. The number of anilines is 1. The lowest BCUT2D eigenvalue weighted by Crippen LogP contribution is -2.64. The monoisotopic (exact) mass is 261 g/mol. The number of likely N-dealkylation sites (N-methyl/N-ethyl adjacent to an activating group) is 1. The van der Waals surface area contributed by atoms with E-state index < -0.39 is 0 Å². The Morgan fingerprint density at radius 2 is 2.00 bits per heavy atom. The van der Waals surface area contributed by atoms with Crippen LogP contribution in [0.3, 0.4) is 0 Å². The van der Waals surface area contributed by atoms with Gasteiger partial charge in [-0.1, -0.05) is 18.2 Å². The second-order valence-electron chi connectivity index (χ2n) is 6.40. The van der Waals surface area contributed by atoms with Crippen LogP contribution in [-0.4, -0.2) is 43.2 Å². The number of hydrogen-bond acceptors (Lipinski definition) is 3. The van der Waals surface area contributed by atoms with Crippen LogP contribution in [0.5, 0.6) is 0 Å². The maximum absolute atomic E-state index is 5.83. The molecule has 2 N–H and O–H groups in total. The normalized spacial score (nSPS) is 23.6. The zero-order valence-electron chi connectivity index (χ0n) is 12.7. The Morgan fingerprint density at radius 1 is 1.32 bits per heavy atom. The van der Waals surface area contributed by atoms with Gasteiger partial charge in [-0.05, 0) is 52.4 Å². The molecule has 1 fully saturated rings. The highest BCUT2D eigenvalue weighted by atomic mass is 15.3. The van der Waals surface area contributed by atoms with Crippen molar-refractivity contribution in [3.63, 3.8) is 0 Å². The third kappa shape index (κ3) is 2.93. The Balaban J connectivity index is 2.39. The van der Waals surface area contributed by atoms with Crippen LogP contribution in [0, 0.1) is 6.92 Å². The highest BCUT2D eigenvalue weighted by Crippen LogP contribution is 2.33. The van der Waals surface area contributed by atoms with E-state index in [1.54, 1.807) is 0 Å². The van der Waals surface area contributed by atoms with E-state index in [0.29, 0.717) is 6.04 Å². The average molecular weight is 261 g/mol. The number of nitrogens with zero attached hydrogens (tertiary/aromatic N) is 2. The van der Waals surface area contributed by atoms with Crippen LogP contribution in [0.25, 0.3) is 0 Å². The van der Waals surface area contributed by atoms with E-state index in [2.05, 4.69) is 61.9 Å². The first kappa shape index (κ1) is 14.4. The third-order valence-electron chi connectivity index (χ3n) is 4.07. The molecule has 19 heavy (non-hydrogen) atoms. The summed E-state index contributed by atoms with van der Waals surface area (Å²) in [5, 5.41) is 0. The van der Waals surface area contributed by atoms with Crippen LogP contribution >= 0.6 is 0 Å². The van der Waals surface area contributed by atoms with Gasteiger partial charge in [-0.2, -0.15) is 0 Å². The smallest absolute Gasteiger partial charge is 0.0476 e. The van der Waals surface area contributed by atoms with E-state index in [-0.39, 0.29) is 5.54 Å². The van der Waals surface area contributed by atoms with Crippen molar-refractivity contribution in [1.82, 2.24) is 4.90 Å². The lowest BCUT2D eigenvalue weighted by molar-refractivity contribution is 0.176. The molecule has 0 radical (unpaired) electrons. The van der Waals surface area contributed by atoms with Crippen LogP contribution in [0.15, 0.2) is 24.3 Å². The lowest BCUT2D eigenvalue weighted by Gasteiger charge is -2.53. The van der Waals surface area contributed by atoms with Gasteiger partial charge in [-0.25, -0.2) is 0 Å². The molecule has 1 aromatic rings. The van der Waals surface area contributed by atoms with Gasteiger partial charge in [0, 0.05) is 30.4 Å². The van der Waals surface area contributed by atoms with E-state index in [4.69, 9.17) is 5.73 Å². The maximum atomic E-state index is 5.83. The summed E-state index contributed by atoms with van der Waals surface area (Å²) in [4.78, 5) is 5.02. The van der Waals surface area contributed by atoms with Gasteiger partial charge in [-0.15, -0.1) is 0 Å². The lowest BCUT2D eigenvalue weighted by atomic mass is 9.91. The van der Waals surface area contributed by atoms with E-state index in [9.17, 15) is 0 Å². The summed E-state index contributed by atoms with van der Waals surface area (Å²) in [6, 6.07) is 9.19. The van der Waals surface area contributed by atoms with Crippen LogP contribution in [0.2, 0.25) is 0 Å². The Morgan fingerprint density at radius 3 is 2.63 bits per heavy atom. The SMILES string of the molecule is Cc1ccccc1N1C(CCN)CN(C)CC1(C)C. The molecule has 1 aliphatic heterocycles. The molecule has 1 saturated heterocycles. The fourth-order valence-corrected chi connectivity index (χ4v) is 3.51. The van der Waals surface area contributed by atoms with Gasteiger partial charge >= 0.3 is 0 Å². The molecule has 0 bridgehead atoms. The molecule has 1 unspecified atom stereocenters. The number of hydrogen-bond donors (Lipinski definition) is 1. The Kier molecular flexibility index (Phi) is 4.16. The van der Waals surface area contributed by atoms with Gasteiger partial charge < -0.3 is 15.5 Å². The van der Waals surface area contributed by atoms with Crippen molar-refractivity contribution in [2.24, 2.45) is 5.73 Å². The minimum absolute atomic E-state index is 0.138. The molecule has 0 spiro atoms. The van der Waals surface area contributed by atoms with Crippen LogP contribution in [0.1, 0.15) is 25.8 Å². The fraction of sp³-hybridized carbons (Fsp3) is 0.625. The van der Waals surface area contributed by atoms with Crippen molar-refractivity contribution in [3.05, 3.63) is 29.8 Å². The first-order valence-corrected chi connectivity index (χ1v) is 7.19. The van der Waals surface area contributed by atoms with Gasteiger partial charge in [-0.3, -0.25) is 0 Å². The summed E-state index contributed by atoms with van der Waals surface area (Å²) in [7, 11) is 2.21. The quantitative estimate of drug-likeness (QED) is 0.906. The van der Waals surface area contributed by atoms with Gasteiger partial charge in [0.1, 0.15) is 0 Å². The predicted octanol–water partition coefficient (Wildman–Crippen LogP) is 2.24. The molecule has 106 valence electrons. The van der Waals surface area contributed by atoms with Gasteiger partial charge in [0.2, 0.25) is 0 Å². The zero-order valence-corrected chi connectivity index (χ0v) is 12.7. The molecule has 0 aliphatic carbocycles. The molecule has 1 atom stereocenters. The van der Waals surface area contributed by atoms with E-state index >= 15 is 0 Å². The summed E-state index contributed by atoms with van der Waals surface area (Å²) in [6.45, 7) is 9.79. The number of para-hydroxylation sites is 1. The van der Waals surface area contributed by atoms with Crippen molar-refractivity contribution < 1.29 is 0 Å². The van der Waals surface area contributed by atoms with Crippen molar-refractivity contribution in [2.45, 2.75) is 38.8 Å². The molecule has 0 saturated carbocycles. The first-order chi connectivity index (χ1) is 8.95. The largest absolute Gasteiger partial charge is 0.361 e. The predicted molar refractivity (Wildman–Crippen MR) is 82.7 cm³/mol. The first-order valence-electron chi connectivity index (χ1n) is 7.19. The number of rotatable bonds is 3. The highest BCUT2D eigenvalue weighted by Gasteiger charge is 2.38. The molecule has 2 rings (SSSR count). The number of aryl methyl sites for hydroxylation is 1. The zero-order chi connectivity index (χ0) is 14.0. The average Bonchev–Trinajstić information content (AvgIpc) is 2.29. The van der Waals surface area contributed by atoms with E-state index in [0.717, 1.165) is 26.1 Å². The number of piperazine rings is 1. The molecule has 0 aromatic heterocycles. The number of benzene rings is 1. The standard InChI is InChI=1S/C16H27N3/c1-13-7-5-6-8-15(13)19-14(9-10-17)11-18(4)12-16(19,2)3/h5-8,14H,9-12,17H2,1-4H3. The minimum Gasteiger partial charge on any atom is -0.361 e. The fourth-order valence-electron chi connectivity index (χ4n) is 3.51. The van der Waals surface area contributed by atoms with Gasteiger partial charge in [0.05, 0.1) is 0 Å². The molecule has 3 heteroatoms. The maximum Gasteiger partial charge on any atom is 0.0476 e. The molecular formula is C16H27N3. The Labute approximate surface area is 117 Å². The Hall–Kier alpha value is -1.06. The van der Waals surface area contributed by atoms with Crippen LogP contribution in [0.4, 0.5) is 5.69 Å². The summed E-state index contributed by atoms with van der Waals surface area (Å²) in [5.41, 5.74) is 8.67. The van der Waals surface area contributed by atoms with Crippen molar-refractivity contribution in [3.8, 4) is 0 Å². The summed E-state index contributed by atoms with van der Waals surface area (Å²) in [6.07, 6.45) is 1.04. The molecule has 1 heterocycles. The Bertz CT molecular complexity index is 428. The molecule has 1 aromatic carbocycles. The van der Waals surface area contributed by atoms with Crippen molar-refractivity contribution in [2.75, 3.05) is 31.6 Å². The minimum atomic E-state index is 0.138. The van der Waals surface area contributed by atoms with E-state index in [1.165, 1.54) is 11.3 Å². The van der Waals surface area contributed by atoms with Gasteiger partial charge in [0.25, 0.3) is 0 Å². The summed E-state index contributed by atoms with van der Waals surface area (Å²) in [5.74, 6) is 0. The van der Waals surface area contributed by atoms with Crippen molar-refractivity contribution >= 4 is 5.69 Å². The summed E-state index contributed by atoms with van der Waals surface area (Å²) >= 11 is 0. The number of nitrogens with two attached hydrogens (primary N) is 1. The van der Waals surface area contributed by atoms with E-state index in [1.807, 2.05) is 0 Å². The topological polar surface area (TPSA) is 32.5 Å². The van der Waals surface area contributed by atoms with Crippen molar-refractivity contribution in [1.29, 1.82) is 0 Å². The summed E-state index contributed by atoms with van der Waals surface area (Å²) < 4.78 is 0. The van der Waals surface area contributed by atoms with Gasteiger partial charge in [0.15, 0.2) is 0 Å². The van der Waals surface area contributed by atoms with Crippen LogP contribution < -0.4 is 10.6 Å². The molecule has 1 aliphatic rings. The second kappa shape index (κ2) is 5.51. The second-order valence-corrected chi connectivity index (χ2v) is 6.40. The molecular weight excluding hydrogens is 234 g/mol. The molecule has 0 amide bonds.